The minimum atomic E-state index is -3.52. The minimum Gasteiger partial charge on any atom is -0.349 e. The Labute approximate surface area is 148 Å². The summed E-state index contributed by atoms with van der Waals surface area (Å²) in [4.78, 5) is 6.50. The molecule has 0 radical (unpaired) electrons. The number of rotatable bonds is 8. The van der Waals surface area contributed by atoms with Crippen LogP contribution in [-0.4, -0.2) is 28.3 Å². The van der Waals surface area contributed by atoms with E-state index in [4.69, 9.17) is 0 Å². The molecule has 3 aromatic heterocycles. The highest BCUT2D eigenvalue weighted by molar-refractivity contribution is 7.89. The highest BCUT2D eigenvalue weighted by atomic mass is 32.2. The zero-order chi connectivity index (χ0) is 17.0. The van der Waals surface area contributed by atoms with Gasteiger partial charge in [-0.2, -0.15) is 4.98 Å². The van der Waals surface area contributed by atoms with Crippen molar-refractivity contribution < 1.29 is 8.42 Å². The van der Waals surface area contributed by atoms with Crippen molar-refractivity contribution in [3.63, 3.8) is 0 Å². The van der Waals surface area contributed by atoms with Gasteiger partial charge in [0.2, 0.25) is 11.9 Å². The molecule has 0 spiro atoms. The Balaban J connectivity index is 1.79. The van der Waals surface area contributed by atoms with Gasteiger partial charge in [-0.25, -0.2) is 8.42 Å². The van der Waals surface area contributed by atoms with E-state index in [0.717, 1.165) is 13.8 Å². The first-order chi connectivity index (χ1) is 11.6. The van der Waals surface area contributed by atoms with Crippen molar-refractivity contribution in [3.8, 4) is 0 Å². The van der Waals surface area contributed by atoms with E-state index >= 15 is 0 Å². The Morgan fingerprint density at radius 3 is 2.25 bits per heavy atom. The van der Waals surface area contributed by atoms with Crippen molar-refractivity contribution in [3.05, 3.63) is 44.8 Å². The van der Waals surface area contributed by atoms with E-state index in [1.165, 1.54) is 0 Å². The summed E-state index contributed by atoms with van der Waals surface area (Å²) in [6, 6.07) is 7.88. The van der Waals surface area contributed by atoms with Gasteiger partial charge >= 0.3 is 0 Å². The number of aromatic nitrogens is 3. The van der Waals surface area contributed by atoms with E-state index in [-0.39, 0.29) is 17.6 Å². The van der Waals surface area contributed by atoms with E-state index in [2.05, 4.69) is 20.7 Å². The highest BCUT2D eigenvalue weighted by Gasteiger charge is 2.20. The molecule has 2 N–H and O–H groups in total. The fraction of sp³-hybridized carbons (Fsp3) is 0.286. The molecule has 3 heterocycles. The largest absolute Gasteiger partial charge is 0.349 e. The molecule has 0 saturated carbocycles. The summed E-state index contributed by atoms with van der Waals surface area (Å²) < 4.78 is 25.4. The molecule has 0 aliphatic heterocycles. The zero-order valence-electron chi connectivity index (χ0n) is 13.0. The summed E-state index contributed by atoms with van der Waals surface area (Å²) in [5.41, 5.74) is 0. The van der Waals surface area contributed by atoms with Gasteiger partial charge in [0.15, 0.2) is 0 Å². The summed E-state index contributed by atoms with van der Waals surface area (Å²) in [6.45, 7) is 2.64. The van der Waals surface area contributed by atoms with Crippen molar-refractivity contribution in [1.82, 2.24) is 14.2 Å². The van der Waals surface area contributed by atoms with Crippen LogP contribution in [0.5, 0.6) is 0 Å². The molecule has 0 fully saturated rings. The van der Waals surface area contributed by atoms with Crippen LogP contribution in [0.3, 0.4) is 0 Å². The molecular formula is C14H17N5O2S3. The van der Waals surface area contributed by atoms with Crippen LogP contribution in [0.25, 0.3) is 0 Å². The molecule has 3 rings (SSSR count). The summed E-state index contributed by atoms with van der Waals surface area (Å²) in [5.74, 6) is 0.460. The van der Waals surface area contributed by atoms with Crippen LogP contribution in [0, 0.1) is 0 Å². The third kappa shape index (κ3) is 3.94. The molecular weight excluding hydrogens is 366 g/mol. The molecule has 7 nitrogen and oxygen atoms in total. The number of nitrogens with one attached hydrogen (secondary N) is 2. The molecule has 0 aliphatic rings. The Morgan fingerprint density at radius 2 is 1.71 bits per heavy atom. The van der Waals surface area contributed by atoms with Gasteiger partial charge < -0.3 is 10.6 Å². The van der Waals surface area contributed by atoms with E-state index in [0.29, 0.717) is 13.1 Å². The number of anilines is 2. The molecule has 24 heavy (non-hydrogen) atoms. The minimum absolute atomic E-state index is 0.0472. The van der Waals surface area contributed by atoms with Crippen LogP contribution in [0.1, 0.15) is 16.7 Å². The smallest absolute Gasteiger partial charge is 0.256 e. The third-order valence-corrected chi connectivity index (χ3v) is 6.47. The lowest BCUT2D eigenvalue weighted by Crippen LogP contribution is -2.19. The Hall–Kier alpha value is -1.91. The van der Waals surface area contributed by atoms with Crippen molar-refractivity contribution in [2.75, 3.05) is 16.4 Å². The molecule has 0 unspecified atom stereocenters. The topological polar surface area (TPSA) is 88.9 Å². The number of thiophene rings is 2. The van der Waals surface area contributed by atoms with Crippen LogP contribution in [0.4, 0.5) is 11.9 Å². The van der Waals surface area contributed by atoms with Gasteiger partial charge in [0, 0.05) is 9.75 Å². The summed E-state index contributed by atoms with van der Waals surface area (Å²) in [6.07, 6.45) is 0. The first kappa shape index (κ1) is 16.9. The maximum absolute atomic E-state index is 12.2. The van der Waals surface area contributed by atoms with Gasteiger partial charge in [0.05, 0.1) is 18.8 Å². The van der Waals surface area contributed by atoms with Gasteiger partial charge in [-0.3, -0.25) is 0 Å². The lowest BCUT2D eigenvalue weighted by Gasteiger charge is -2.06. The van der Waals surface area contributed by atoms with E-state index < -0.39 is 10.0 Å². The summed E-state index contributed by atoms with van der Waals surface area (Å²) in [7, 11) is -3.52. The average Bonchev–Trinajstić information content (AvgIpc) is 3.31. The number of hydrogen-bond acceptors (Lipinski definition) is 8. The first-order valence-corrected chi connectivity index (χ1v) is 10.7. The molecule has 128 valence electrons. The molecule has 0 saturated heterocycles. The van der Waals surface area contributed by atoms with Crippen molar-refractivity contribution >= 4 is 44.6 Å². The predicted octanol–water partition coefficient (Wildman–Crippen LogP) is 2.82. The normalized spacial score (nSPS) is 11.5. The van der Waals surface area contributed by atoms with Gasteiger partial charge in [-0.05, 0) is 29.8 Å². The monoisotopic (exact) mass is 383 g/mol. The summed E-state index contributed by atoms with van der Waals surface area (Å²) >= 11 is 3.21. The van der Waals surface area contributed by atoms with Crippen LogP contribution in [-0.2, 0) is 23.1 Å². The molecule has 0 aliphatic carbocycles. The predicted molar refractivity (Wildman–Crippen MR) is 98.2 cm³/mol. The van der Waals surface area contributed by atoms with Gasteiger partial charge in [-0.15, -0.1) is 31.9 Å². The van der Waals surface area contributed by atoms with E-state index in [1.54, 1.807) is 29.6 Å². The van der Waals surface area contributed by atoms with Gasteiger partial charge in [-0.1, -0.05) is 12.1 Å². The second-order valence-electron chi connectivity index (χ2n) is 4.87. The Kier molecular flexibility index (Phi) is 5.17. The lowest BCUT2D eigenvalue weighted by atomic mass is 10.5. The number of nitrogens with zero attached hydrogens (tertiary/aromatic N) is 3. The molecule has 0 amide bonds. The maximum atomic E-state index is 12.2. The Bertz CT molecular complexity index is 870. The third-order valence-electron chi connectivity index (χ3n) is 3.21. The van der Waals surface area contributed by atoms with Crippen molar-refractivity contribution in [1.29, 1.82) is 0 Å². The molecule has 0 aromatic carbocycles. The van der Waals surface area contributed by atoms with Crippen LogP contribution >= 0.6 is 22.7 Å². The zero-order valence-corrected chi connectivity index (χ0v) is 15.4. The standard InChI is InChI=1S/C14H17N5O2S3/c1-2-24(20,21)19-14(16-10-12-6-4-8-23-12)17-13(18-19)15-9-11-5-3-7-22-11/h3-8H,2,9-10H2,1H3,(H2,15,16,17,18). The Morgan fingerprint density at radius 1 is 1.08 bits per heavy atom. The molecule has 3 aromatic rings. The van der Waals surface area contributed by atoms with Gasteiger partial charge in [0.25, 0.3) is 10.0 Å². The fourth-order valence-corrected chi connectivity index (χ4v) is 4.06. The average molecular weight is 384 g/mol. The quantitative estimate of drug-likeness (QED) is 0.622. The highest BCUT2D eigenvalue weighted by Crippen LogP contribution is 2.17. The van der Waals surface area contributed by atoms with Gasteiger partial charge in [0.1, 0.15) is 0 Å². The molecule has 10 heteroatoms. The van der Waals surface area contributed by atoms with Crippen LogP contribution in [0.15, 0.2) is 35.0 Å². The molecule has 0 atom stereocenters. The van der Waals surface area contributed by atoms with E-state index in [1.807, 2.05) is 35.0 Å². The van der Waals surface area contributed by atoms with Crippen molar-refractivity contribution in [2.45, 2.75) is 20.0 Å². The fourth-order valence-electron chi connectivity index (χ4n) is 1.96. The SMILES string of the molecule is CCS(=O)(=O)n1nc(NCc2cccs2)nc1NCc1cccs1. The molecule has 0 bridgehead atoms. The van der Waals surface area contributed by atoms with Crippen LogP contribution in [0.2, 0.25) is 0 Å². The summed E-state index contributed by atoms with van der Waals surface area (Å²) in [5, 5.41) is 14.2. The maximum Gasteiger partial charge on any atom is 0.256 e. The van der Waals surface area contributed by atoms with E-state index in [9.17, 15) is 8.42 Å². The number of hydrogen-bond donors (Lipinski definition) is 2. The van der Waals surface area contributed by atoms with Crippen LogP contribution < -0.4 is 10.6 Å². The second kappa shape index (κ2) is 7.32. The lowest BCUT2D eigenvalue weighted by molar-refractivity contribution is 0.582. The van der Waals surface area contributed by atoms with Crippen molar-refractivity contribution in [2.24, 2.45) is 0 Å². The second-order valence-corrected chi connectivity index (χ2v) is 9.02. The first-order valence-electron chi connectivity index (χ1n) is 7.31.